The van der Waals surface area contributed by atoms with Gasteiger partial charge in [-0.05, 0) is 47.6 Å². The van der Waals surface area contributed by atoms with Gasteiger partial charge in [-0.1, -0.05) is 18.2 Å². The van der Waals surface area contributed by atoms with Crippen molar-refractivity contribution in [3.63, 3.8) is 0 Å². The molecule has 0 radical (unpaired) electrons. The average molecular weight is 319 g/mol. The van der Waals surface area contributed by atoms with Crippen LogP contribution in [-0.2, 0) is 9.31 Å². The van der Waals surface area contributed by atoms with E-state index in [0.717, 1.165) is 5.46 Å². The maximum absolute atomic E-state index is 12.2. The molecule has 1 aromatic carbocycles. The number of para-hydroxylation sites is 1. The van der Waals surface area contributed by atoms with Gasteiger partial charge >= 0.3 is 13.2 Å². The number of ether oxygens (including phenoxy) is 1. The van der Waals surface area contributed by atoms with Gasteiger partial charge in [-0.15, -0.1) is 0 Å². The van der Waals surface area contributed by atoms with Crippen molar-refractivity contribution in [3.8, 4) is 5.75 Å². The predicted octanol–water partition coefficient (Wildman–Crippen LogP) is 2.83. The second-order valence-electron chi connectivity index (χ2n) is 6.67. The molecule has 1 saturated heterocycles. The van der Waals surface area contributed by atoms with E-state index in [1.165, 1.54) is 0 Å². The van der Waals surface area contributed by atoms with Gasteiger partial charge in [0.05, 0.1) is 11.2 Å². The van der Waals surface area contributed by atoms with Crippen molar-refractivity contribution in [1.82, 2.24) is 4.90 Å². The highest BCUT2D eigenvalue weighted by molar-refractivity contribution is 6.63. The predicted molar refractivity (Wildman–Crippen MR) is 91.1 cm³/mol. The fourth-order valence-corrected chi connectivity index (χ4v) is 2.38. The number of benzene rings is 1. The van der Waals surface area contributed by atoms with Crippen molar-refractivity contribution in [2.45, 2.75) is 52.7 Å². The van der Waals surface area contributed by atoms with E-state index in [9.17, 15) is 4.79 Å². The fraction of sp³-hybridized carbons (Fsp3) is 0.588. The van der Waals surface area contributed by atoms with Gasteiger partial charge in [-0.3, -0.25) is 0 Å². The largest absolute Gasteiger partial charge is 0.498 e. The summed E-state index contributed by atoms with van der Waals surface area (Å²) in [5.74, 6) is 0.475. The number of amides is 1. The Morgan fingerprint density at radius 2 is 1.61 bits per heavy atom. The van der Waals surface area contributed by atoms with E-state index in [0.29, 0.717) is 18.8 Å². The summed E-state index contributed by atoms with van der Waals surface area (Å²) in [5, 5.41) is 0. The van der Waals surface area contributed by atoms with Gasteiger partial charge < -0.3 is 18.9 Å². The smallest absolute Gasteiger partial charge is 0.411 e. The lowest BCUT2D eigenvalue weighted by molar-refractivity contribution is 0.00578. The molecule has 5 nitrogen and oxygen atoms in total. The third kappa shape index (κ3) is 3.53. The lowest BCUT2D eigenvalue weighted by Crippen LogP contribution is -2.41. The zero-order valence-corrected chi connectivity index (χ0v) is 14.9. The highest BCUT2D eigenvalue weighted by atomic mass is 16.7. The van der Waals surface area contributed by atoms with Crippen LogP contribution in [0.25, 0.3) is 0 Å². The molecule has 1 amide bonds. The summed E-state index contributed by atoms with van der Waals surface area (Å²) in [7, 11) is -0.555. The number of hydrogen-bond acceptors (Lipinski definition) is 4. The summed E-state index contributed by atoms with van der Waals surface area (Å²) in [6.07, 6.45) is -0.362. The summed E-state index contributed by atoms with van der Waals surface area (Å²) in [6.45, 7) is 13.0. The second kappa shape index (κ2) is 6.53. The van der Waals surface area contributed by atoms with Crippen LogP contribution in [0.2, 0.25) is 0 Å². The van der Waals surface area contributed by atoms with Crippen LogP contribution in [-0.4, -0.2) is 42.4 Å². The van der Waals surface area contributed by atoms with Gasteiger partial charge in [0.1, 0.15) is 5.75 Å². The summed E-state index contributed by atoms with van der Waals surface area (Å²) >= 11 is 0. The van der Waals surface area contributed by atoms with Crippen LogP contribution in [0.1, 0.15) is 41.5 Å². The number of carbonyl (C=O) groups excluding carboxylic acids is 1. The van der Waals surface area contributed by atoms with Crippen LogP contribution < -0.4 is 10.2 Å². The Kier molecular flexibility index (Phi) is 5.06. The Morgan fingerprint density at radius 3 is 2.13 bits per heavy atom. The van der Waals surface area contributed by atoms with Crippen molar-refractivity contribution >= 4 is 18.7 Å². The van der Waals surface area contributed by atoms with Crippen LogP contribution >= 0.6 is 0 Å². The molecular weight excluding hydrogens is 293 g/mol. The first-order valence-electron chi connectivity index (χ1n) is 8.13. The van der Waals surface area contributed by atoms with Crippen LogP contribution in [0.5, 0.6) is 5.75 Å². The van der Waals surface area contributed by atoms with E-state index >= 15 is 0 Å². The van der Waals surface area contributed by atoms with Crippen LogP contribution in [0.15, 0.2) is 24.3 Å². The van der Waals surface area contributed by atoms with E-state index in [1.807, 2.05) is 59.7 Å². The fourth-order valence-electron chi connectivity index (χ4n) is 2.38. The minimum Gasteiger partial charge on any atom is -0.411 e. The Hall–Kier alpha value is -1.53. The summed E-state index contributed by atoms with van der Waals surface area (Å²) in [5.41, 5.74) is -0.145. The topological polar surface area (TPSA) is 48.0 Å². The molecule has 0 saturated carbocycles. The molecule has 0 spiro atoms. The number of nitrogens with zero attached hydrogens (tertiary/aromatic N) is 1. The van der Waals surface area contributed by atoms with Crippen molar-refractivity contribution in [2.75, 3.05) is 13.1 Å². The van der Waals surface area contributed by atoms with Crippen molar-refractivity contribution in [3.05, 3.63) is 24.3 Å². The van der Waals surface area contributed by atoms with Gasteiger partial charge in [0.2, 0.25) is 0 Å². The normalized spacial score (nSPS) is 18.8. The van der Waals surface area contributed by atoms with Crippen LogP contribution in [0, 0.1) is 0 Å². The van der Waals surface area contributed by atoms with Crippen molar-refractivity contribution in [2.24, 2.45) is 0 Å². The molecule has 23 heavy (non-hydrogen) atoms. The third-order valence-corrected chi connectivity index (χ3v) is 4.65. The Balaban J connectivity index is 2.24. The van der Waals surface area contributed by atoms with E-state index in [4.69, 9.17) is 14.0 Å². The van der Waals surface area contributed by atoms with Gasteiger partial charge in [0.25, 0.3) is 0 Å². The van der Waals surface area contributed by atoms with Crippen LogP contribution in [0.4, 0.5) is 4.79 Å². The third-order valence-electron chi connectivity index (χ3n) is 4.65. The molecule has 0 atom stereocenters. The minimum atomic E-state index is -0.555. The van der Waals surface area contributed by atoms with E-state index in [1.54, 1.807) is 11.0 Å². The number of hydrogen-bond donors (Lipinski definition) is 0. The lowest BCUT2D eigenvalue weighted by atomic mass is 9.78. The maximum Gasteiger partial charge on any atom is 0.498 e. The molecule has 1 aliphatic heterocycles. The first-order valence-corrected chi connectivity index (χ1v) is 8.13. The molecule has 1 aliphatic rings. The Labute approximate surface area is 139 Å². The van der Waals surface area contributed by atoms with E-state index in [-0.39, 0.29) is 6.09 Å². The summed E-state index contributed by atoms with van der Waals surface area (Å²) in [4.78, 5) is 13.8. The average Bonchev–Trinajstić information content (AvgIpc) is 2.69. The maximum atomic E-state index is 12.2. The number of rotatable bonds is 4. The van der Waals surface area contributed by atoms with E-state index < -0.39 is 18.3 Å². The molecule has 1 fully saturated rings. The molecule has 0 aliphatic carbocycles. The molecule has 1 heterocycles. The quantitative estimate of drug-likeness (QED) is 0.801. The molecular formula is C17H26BNO4. The summed E-state index contributed by atoms with van der Waals surface area (Å²) in [6, 6.07) is 7.35. The molecule has 0 unspecified atom stereocenters. The lowest BCUT2D eigenvalue weighted by Gasteiger charge is -2.32. The minimum absolute atomic E-state index is 0.362. The zero-order chi connectivity index (χ0) is 17.3. The van der Waals surface area contributed by atoms with Gasteiger partial charge in [0, 0.05) is 18.6 Å². The highest BCUT2D eigenvalue weighted by Crippen LogP contribution is 2.37. The molecule has 0 N–H and O–H groups in total. The molecule has 126 valence electrons. The zero-order valence-electron chi connectivity index (χ0n) is 14.9. The molecule has 1 aromatic rings. The van der Waals surface area contributed by atoms with Crippen molar-refractivity contribution in [1.29, 1.82) is 0 Å². The number of carbonyl (C=O) groups is 1. The molecule has 0 bridgehead atoms. The van der Waals surface area contributed by atoms with Gasteiger partial charge in [-0.2, -0.15) is 0 Å². The molecule has 0 aromatic heterocycles. The Bertz CT molecular complexity index is 553. The van der Waals surface area contributed by atoms with Crippen LogP contribution in [0.3, 0.4) is 0 Å². The second-order valence-corrected chi connectivity index (χ2v) is 6.67. The van der Waals surface area contributed by atoms with Crippen molar-refractivity contribution < 1.29 is 18.8 Å². The molecule has 6 heteroatoms. The standard InChI is InChI=1S/C17H26BNO4/c1-7-19(8-2)15(20)21-14-12-10-9-11-13(14)18-22-16(3,4)17(5,6)23-18/h9-12H,7-8H2,1-6H3. The highest BCUT2D eigenvalue weighted by Gasteiger charge is 2.52. The first kappa shape index (κ1) is 17.8. The Morgan fingerprint density at radius 1 is 1.09 bits per heavy atom. The molecule has 2 rings (SSSR count). The van der Waals surface area contributed by atoms with Gasteiger partial charge in [-0.25, -0.2) is 4.79 Å². The monoisotopic (exact) mass is 319 g/mol. The summed E-state index contributed by atoms with van der Waals surface area (Å²) < 4.78 is 17.7. The van der Waals surface area contributed by atoms with Gasteiger partial charge in [0.15, 0.2) is 0 Å². The SMILES string of the molecule is CCN(CC)C(=O)Oc1ccccc1B1OC(C)(C)C(C)(C)O1. The van der Waals surface area contributed by atoms with E-state index in [2.05, 4.69) is 0 Å². The first-order chi connectivity index (χ1) is 10.7.